The normalized spacial score (nSPS) is 11.7. The van der Waals surface area contributed by atoms with E-state index < -0.39 is 0 Å². The molecule has 2 rings (SSSR count). The molecule has 0 aliphatic rings. The summed E-state index contributed by atoms with van der Waals surface area (Å²) >= 11 is 0. The Morgan fingerprint density at radius 1 is 1.07 bits per heavy atom. The van der Waals surface area contributed by atoms with Gasteiger partial charge in [0.15, 0.2) is 0 Å². The van der Waals surface area contributed by atoms with E-state index in [1.807, 2.05) is 38.1 Å². The van der Waals surface area contributed by atoms with Crippen LogP contribution in [0.3, 0.4) is 0 Å². The van der Waals surface area contributed by atoms with E-state index in [1.165, 1.54) is 6.08 Å². The quantitative estimate of drug-likeness (QED) is 0.595. The number of amides is 2. The zero-order valence-electron chi connectivity index (χ0n) is 17.1. The Bertz CT molecular complexity index is 831. The van der Waals surface area contributed by atoms with E-state index >= 15 is 0 Å². The Kier molecular flexibility index (Phi) is 8.76. The maximum absolute atomic E-state index is 12.0. The van der Waals surface area contributed by atoms with Gasteiger partial charge in [-0.1, -0.05) is 25.1 Å². The molecule has 154 valence electrons. The van der Waals surface area contributed by atoms with E-state index in [9.17, 15) is 9.59 Å². The fourth-order valence-electron chi connectivity index (χ4n) is 2.42. The molecule has 0 aliphatic heterocycles. The molecule has 0 aliphatic carbocycles. The van der Waals surface area contributed by atoms with Crippen LogP contribution in [0, 0.1) is 0 Å². The second-order valence-corrected chi connectivity index (χ2v) is 6.43. The summed E-state index contributed by atoms with van der Waals surface area (Å²) in [4.78, 5) is 24.1. The Labute approximate surface area is 171 Å². The van der Waals surface area contributed by atoms with Gasteiger partial charge in [0.25, 0.3) is 0 Å². The highest BCUT2D eigenvalue weighted by molar-refractivity contribution is 5.98. The lowest BCUT2D eigenvalue weighted by atomic mass is 10.2. The van der Waals surface area contributed by atoms with Gasteiger partial charge in [-0.3, -0.25) is 9.59 Å². The van der Waals surface area contributed by atoms with Gasteiger partial charge >= 0.3 is 0 Å². The van der Waals surface area contributed by atoms with Crippen molar-refractivity contribution in [1.29, 1.82) is 0 Å². The molecule has 29 heavy (non-hydrogen) atoms. The van der Waals surface area contributed by atoms with Crippen molar-refractivity contribution in [2.24, 2.45) is 0 Å². The number of ether oxygens (including phenoxy) is 2. The van der Waals surface area contributed by atoms with Crippen LogP contribution < -0.4 is 20.1 Å². The van der Waals surface area contributed by atoms with E-state index in [-0.39, 0.29) is 24.5 Å². The maximum Gasteiger partial charge on any atom is 0.244 e. The molecule has 0 bridgehead atoms. The zero-order chi connectivity index (χ0) is 21.1. The predicted molar refractivity (Wildman–Crippen MR) is 115 cm³/mol. The molecule has 2 aromatic rings. The average molecular weight is 396 g/mol. The van der Waals surface area contributed by atoms with Crippen molar-refractivity contribution in [3.63, 3.8) is 0 Å². The lowest BCUT2D eigenvalue weighted by molar-refractivity contribution is -0.121. The minimum atomic E-state index is -0.356. The SMILES string of the molecule is CCOc1ccc(NC(=O)CNC(=O)/C=C/c2ccccc2OC(C)CC)cc1. The first-order valence-corrected chi connectivity index (χ1v) is 9.76. The molecule has 2 aromatic carbocycles. The van der Waals surface area contributed by atoms with Crippen molar-refractivity contribution in [3.8, 4) is 11.5 Å². The molecule has 0 heterocycles. The van der Waals surface area contributed by atoms with Gasteiger partial charge in [-0.2, -0.15) is 0 Å². The Morgan fingerprint density at radius 2 is 1.79 bits per heavy atom. The molecule has 0 aromatic heterocycles. The number of hydrogen-bond acceptors (Lipinski definition) is 4. The van der Waals surface area contributed by atoms with Crippen molar-refractivity contribution >= 4 is 23.6 Å². The fraction of sp³-hybridized carbons (Fsp3) is 0.304. The van der Waals surface area contributed by atoms with E-state index in [0.29, 0.717) is 12.3 Å². The third-order valence-electron chi connectivity index (χ3n) is 4.11. The van der Waals surface area contributed by atoms with Gasteiger partial charge in [-0.05, 0) is 56.7 Å². The summed E-state index contributed by atoms with van der Waals surface area (Å²) in [5, 5.41) is 5.30. The number of rotatable bonds is 10. The molecular formula is C23H28N2O4. The third-order valence-corrected chi connectivity index (χ3v) is 4.11. The van der Waals surface area contributed by atoms with Gasteiger partial charge in [0.2, 0.25) is 11.8 Å². The van der Waals surface area contributed by atoms with E-state index in [1.54, 1.807) is 30.3 Å². The molecular weight excluding hydrogens is 368 g/mol. The lowest BCUT2D eigenvalue weighted by Gasteiger charge is -2.14. The molecule has 0 saturated heterocycles. The molecule has 0 radical (unpaired) electrons. The van der Waals surface area contributed by atoms with Crippen LogP contribution in [-0.2, 0) is 9.59 Å². The summed E-state index contributed by atoms with van der Waals surface area (Å²) in [7, 11) is 0. The molecule has 6 nitrogen and oxygen atoms in total. The van der Waals surface area contributed by atoms with Crippen LogP contribution in [0.1, 0.15) is 32.8 Å². The van der Waals surface area contributed by atoms with E-state index in [4.69, 9.17) is 9.47 Å². The van der Waals surface area contributed by atoms with Crippen molar-refractivity contribution in [2.45, 2.75) is 33.3 Å². The monoisotopic (exact) mass is 396 g/mol. The van der Waals surface area contributed by atoms with Gasteiger partial charge in [0.05, 0.1) is 19.3 Å². The van der Waals surface area contributed by atoms with Crippen molar-refractivity contribution in [3.05, 3.63) is 60.2 Å². The molecule has 0 saturated carbocycles. The van der Waals surface area contributed by atoms with Crippen LogP contribution in [0.25, 0.3) is 6.08 Å². The number of carbonyl (C=O) groups is 2. The maximum atomic E-state index is 12.0. The topological polar surface area (TPSA) is 76.7 Å². The number of nitrogens with one attached hydrogen (secondary N) is 2. The summed E-state index contributed by atoms with van der Waals surface area (Å²) in [6.45, 7) is 6.41. The molecule has 6 heteroatoms. The number of para-hydroxylation sites is 1. The second kappa shape index (κ2) is 11.5. The van der Waals surface area contributed by atoms with Crippen molar-refractivity contribution in [1.82, 2.24) is 5.32 Å². The highest BCUT2D eigenvalue weighted by Crippen LogP contribution is 2.21. The first kappa shape index (κ1) is 22.0. The lowest BCUT2D eigenvalue weighted by Crippen LogP contribution is -2.31. The van der Waals surface area contributed by atoms with Crippen LogP contribution >= 0.6 is 0 Å². The Hall–Kier alpha value is -3.28. The van der Waals surface area contributed by atoms with Crippen LogP contribution in [0.15, 0.2) is 54.6 Å². The van der Waals surface area contributed by atoms with Gasteiger partial charge in [-0.15, -0.1) is 0 Å². The molecule has 2 amide bonds. The minimum absolute atomic E-state index is 0.0877. The molecule has 1 unspecified atom stereocenters. The van der Waals surface area contributed by atoms with Gasteiger partial charge < -0.3 is 20.1 Å². The number of anilines is 1. The number of hydrogen-bond donors (Lipinski definition) is 2. The molecule has 2 N–H and O–H groups in total. The minimum Gasteiger partial charge on any atom is -0.494 e. The zero-order valence-corrected chi connectivity index (χ0v) is 17.1. The van der Waals surface area contributed by atoms with Gasteiger partial charge in [0, 0.05) is 17.3 Å². The summed E-state index contributed by atoms with van der Waals surface area (Å²) in [6, 6.07) is 14.6. The summed E-state index contributed by atoms with van der Waals surface area (Å²) in [5.41, 5.74) is 1.45. The molecule has 0 spiro atoms. The third kappa shape index (κ3) is 7.70. The highest BCUT2D eigenvalue weighted by atomic mass is 16.5. The number of benzene rings is 2. The Morgan fingerprint density at radius 3 is 2.48 bits per heavy atom. The van der Waals surface area contributed by atoms with Crippen LogP contribution in [0.2, 0.25) is 0 Å². The summed E-state index contributed by atoms with van der Waals surface area (Å²) in [5.74, 6) is 0.794. The van der Waals surface area contributed by atoms with Gasteiger partial charge in [0.1, 0.15) is 11.5 Å². The first-order valence-electron chi connectivity index (χ1n) is 9.76. The van der Waals surface area contributed by atoms with Crippen molar-refractivity contribution in [2.75, 3.05) is 18.5 Å². The Balaban J connectivity index is 1.84. The molecule has 1 atom stereocenters. The van der Waals surface area contributed by atoms with Crippen LogP contribution in [-0.4, -0.2) is 31.1 Å². The summed E-state index contributed by atoms with van der Waals surface area (Å²) < 4.78 is 11.2. The van der Waals surface area contributed by atoms with E-state index in [0.717, 1.165) is 23.5 Å². The average Bonchev–Trinajstić information content (AvgIpc) is 2.73. The largest absolute Gasteiger partial charge is 0.494 e. The second-order valence-electron chi connectivity index (χ2n) is 6.43. The van der Waals surface area contributed by atoms with E-state index in [2.05, 4.69) is 17.6 Å². The van der Waals surface area contributed by atoms with Gasteiger partial charge in [-0.25, -0.2) is 0 Å². The number of carbonyl (C=O) groups excluding carboxylic acids is 2. The van der Waals surface area contributed by atoms with Crippen LogP contribution in [0.5, 0.6) is 11.5 Å². The standard InChI is InChI=1S/C23H28N2O4/c1-4-17(3)29-21-9-7-6-8-18(21)10-15-22(26)24-16-23(27)25-19-11-13-20(14-12-19)28-5-2/h6-15,17H,4-5,16H2,1-3H3,(H,24,26)(H,25,27)/b15-10+. The van der Waals surface area contributed by atoms with Crippen LogP contribution in [0.4, 0.5) is 5.69 Å². The first-order chi connectivity index (χ1) is 14.0. The summed E-state index contributed by atoms with van der Waals surface area (Å²) in [6.07, 6.45) is 4.05. The van der Waals surface area contributed by atoms with Crippen molar-refractivity contribution < 1.29 is 19.1 Å². The highest BCUT2D eigenvalue weighted by Gasteiger charge is 2.07. The predicted octanol–water partition coefficient (Wildman–Crippen LogP) is 4.03. The fourth-order valence-corrected chi connectivity index (χ4v) is 2.42. The smallest absolute Gasteiger partial charge is 0.244 e. The molecule has 0 fully saturated rings.